The van der Waals surface area contributed by atoms with Gasteiger partial charge in [-0.2, -0.15) is 0 Å². The first-order valence-corrected chi connectivity index (χ1v) is 6.45. The predicted molar refractivity (Wildman–Crippen MR) is 69.9 cm³/mol. The minimum Gasteiger partial charge on any atom is -0.393 e. The summed E-state index contributed by atoms with van der Waals surface area (Å²) in [6, 6.07) is 0. The van der Waals surface area contributed by atoms with Gasteiger partial charge in [0.1, 0.15) is 5.60 Å². The molecular formula is C15H22O3. The maximum Gasteiger partial charge on any atom is 0.163 e. The van der Waals surface area contributed by atoms with Crippen LogP contribution >= 0.6 is 0 Å². The van der Waals surface area contributed by atoms with Crippen LogP contribution in [0.3, 0.4) is 0 Å². The molecule has 2 N–H and O–H groups in total. The van der Waals surface area contributed by atoms with Crippen molar-refractivity contribution in [2.45, 2.75) is 57.8 Å². The Morgan fingerprint density at radius 2 is 2.06 bits per heavy atom. The van der Waals surface area contributed by atoms with E-state index < -0.39 is 5.60 Å². The molecule has 2 rings (SSSR count). The number of allylic oxidation sites excluding steroid dienone is 1. The molecule has 3 unspecified atom stereocenters. The molecule has 1 aliphatic heterocycles. The number of ether oxygens (including phenoxy) is 1. The Morgan fingerprint density at radius 3 is 2.61 bits per heavy atom. The van der Waals surface area contributed by atoms with E-state index in [1.807, 2.05) is 13.8 Å². The first-order chi connectivity index (χ1) is 8.26. The van der Waals surface area contributed by atoms with Gasteiger partial charge < -0.3 is 14.9 Å². The van der Waals surface area contributed by atoms with Crippen LogP contribution in [0.5, 0.6) is 0 Å². The maximum atomic E-state index is 9.91. The lowest BCUT2D eigenvalue weighted by Gasteiger charge is -2.37. The van der Waals surface area contributed by atoms with Gasteiger partial charge in [-0.05, 0) is 31.9 Å². The van der Waals surface area contributed by atoms with Crippen molar-refractivity contribution in [2.24, 2.45) is 5.41 Å². The molecule has 3 atom stereocenters. The zero-order valence-corrected chi connectivity index (χ0v) is 11.6. The molecule has 0 aromatic heterocycles. The summed E-state index contributed by atoms with van der Waals surface area (Å²) >= 11 is 0. The van der Waals surface area contributed by atoms with Crippen LogP contribution in [0.25, 0.3) is 0 Å². The standard InChI is InChI=1S/C15H22O3/c1-11(6-8-16)5-7-15-13(2,3)9-12(17)10-14(15,4)18-15/h6,12,16-17H,8-10H2,1-4H3/b11-6-. The van der Waals surface area contributed by atoms with E-state index >= 15 is 0 Å². The van der Waals surface area contributed by atoms with E-state index in [0.717, 1.165) is 5.57 Å². The summed E-state index contributed by atoms with van der Waals surface area (Å²) in [5, 5.41) is 18.7. The van der Waals surface area contributed by atoms with Crippen molar-refractivity contribution in [1.29, 1.82) is 0 Å². The van der Waals surface area contributed by atoms with Crippen molar-refractivity contribution in [3.63, 3.8) is 0 Å². The number of aliphatic hydroxyl groups excluding tert-OH is 2. The average molecular weight is 250 g/mol. The number of hydrogen-bond acceptors (Lipinski definition) is 3. The van der Waals surface area contributed by atoms with Gasteiger partial charge in [0.2, 0.25) is 0 Å². The summed E-state index contributed by atoms with van der Waals surface area (Å²) in [4.78, 5) is 0. The van der Waals surface area contributed by atoms with E-state index in [-0.39, 0.29) is 23.7 Å². The molecule has 1 heterocycles. The van der Waals surface area contributed by atoms with Gasteiger partial charge in [-0.25, -0.2) is 0 Å². The first kappa shape index (κ1) is 13.6. The second-order valence-corrected chi connectivity index (χ2v) is 6.28. The largest absolute Gasteiger partial charge is 0.393 e. The quantitative estimate of drug-likeness (QED) is 0.549. The summed E-state index contributed by atoms with van der Waals surface area (Å²) in [6.07, 6.45) is 2.73. The van der Waals surface area contributed by atoms with Gasteiger partial charge in [0.15, 0.2) is 5.60 Å². The molecular weight excluding hydrogens is 228 g/mol. The Morgan fingerprint density at radius 1 is 1.39 bits per heavy atom. The van der Waals surface area contributed by atoms with Crippen molar-refractivity contribution in [3.05, 3.63) is 11.6 Å². The zero-order valence-electron chi connectivity index (χ0n) is 11.6. The summed E-state index contributed by atoms with van der Waals surface area (Å²) < 4.78 is 5.94. The van der Waals surface area contributed by atoms with Crippen LogP contribution in [-0.2, 0) is 4.74 Å². The Bertz CT molecular complexity index is 440. The highest BCUT2D eigenvalue weighted by Gasteiger charge is 2.75. The van der Waals surface area contributed by atoms with E-state index in [2.05, 4.69) is 25.7 Å². The predicted octanol–water partition coefficient (Wildman–Crippen LogP) is 1.64. The molecule has 18 heavy (non-hydrogen) atoms. The number of epoxide rings is 1. The van der Waals surface area contributed by atoms with Crippen molar-refractivity contribution in [3.8, 4) is 11.8 Å². The van der Waals surface area contributed by atoms with E-state index in [1.165, 1.54) is 0 Å². The molecule has 0 bridgehead atoms. The second-order valence-electron chi connectivity index (χ2n) is 6.28. The third-order valence-corrected chi connectivity index (χ3v) is 4.24. The van der Waals surface area contributed by atoms with E-state index in [4.69, 9.17) is 9.84 Å². The highest BCUT2D eigenvalue weighted by atomic mass is 16.6. The smallest absolute Gasteiger partial charge is 0.163 e. The number of rotatable bonds is 1. The summed E-state index contributed by atoms with van der Waals surface area (Å²) in [7, 11) is 0. The van der Waals surface area contributed by atoms with E-state index in [1.54, 1.807) is 6.08 Å². The molecule has 2 aliphatic rings. The fourth-order valence-corrected chi connectivity index (χ4v) is 3.31. The minimum absolute atomic E-state index is 0.00768. The maximum absolute atomic E-state index is 9.91. The van der Waals surface area contributed by atoms with Crippen molar-refractivity contribution >= 4 is 0 Å². The Hall–Kier alpha value is -0.820. The fraction of sp³-hybridized carbons (Fsp3) is 0.733. The van der Waals surface area contributed by atoms with Crippen LogP contribution in [0.1, 0.15) is 40.5 Å². The Labute approximate surface area is 109 Å². The van der Waals surface area contributed by atoms with Crippen LogP contribution < -0.4 is 0 Å². The SMILES string of the molecule is C/C(C#CC12OC1(C)CC(O)CC2(C)C)=C/CO. The molecule has 0 spiro atoms. The molecule has 1 saturated heterocycles. The van der Waals surface area contributed by atoms with Gasteiger partial charge in [0, 0.05) is 11.8 Å². The van der Waals surface area contributed by atoms with Crippen LogP contribution in [0.4, 0.5) is 0 Å². The Kier molecular flexibility index (Phi) is 3.09. The first-order valence-electron chi connectivity index (χ1n) is 6.45. The molecule has 2 fully saturated rings. The van der Waals surface area contributed by atoms with Gasteiger partial charge >= 0.3 is 0 Å². The van der Waals surface area contributed by atoms with Gasteiger partial charge in [-0.1, -0.05) is 25.7 Å². The number of aliphatic hydroxyl groups is 2. The molecule has 100 valence electrons. The fourth-order valence-electron chi connectivity index (χ4n) is 3.31. The number of fused-ring (bicyclic) bond motifs is 1. The van der Waals surface area contributed by atoms with Gasteiger partial charge in [0.25, 0.3) is 0 Å². The molecule has 0 aromatic rings. The second kappa shape index (κ2) is 4.09. The monoisotopic (exact) mass is 250 g/mol. The highest BCUT2D eigenvalue weighted by Crippen LogP contribution is 2.64. The summed E-state index contributed by atoms with van der Waals surface area (Å²) in [5.74, 6) is 6.32. The zero-order chi connectivity index (χ0) is 13.6. The molecule has 0 aromatic carbocycles. The Balaban J connectivity index is 2.29. The van der Waals surface area contributed by atoms with E-state index in [0.29, 0.717) is 12.8 Å². The van der Waals surface area contributed by atoms with Crippen molar-refractivity contribution in [1.82, 2.24) is 0 Å². The highest BCUT2D eigenvalue weighted by molar-refractivity contribution is 5.42. The average Bonchev–Trinajstić information content (AvgIpc) is 2.82. The van der Waals surface area contributed by atoms with Gasteiger partial charge in [0.05, 0.1) is 12.7 Å². The third kappa shape index (κ3) is 1.89. The molecule has 3 heteroatoms. The van der Waals surface area contributed by atoms with Gasteiger partial charge in [-0.3, -0.25) is 0 Å². The van der Waals surface area contributed by atoms with Crippen molar-refractivity contribution in [2.75, 3.05) is 6.61 Å². The lowest BCUT2D eigenvalue weighted by atomic mass is 9.63. The lowest BCUT2D eigenvalue weighted by molar-refractivity contribution is 0.0542. The summed E-state index contributed by atoms with van der Waals surface area (Å²) in [6.45, 7) is 8.11. The normalized spacial score (nSPS) is 41.7. The molecule has 0 radical (unpaired) electrons. The number of hydrogen-bond donors (Lipinski definition) is 2. The topological polar surface area (TPSA) is 53.0 Å². The third-order valence-electron chi connectivity index (χ3n) is 4.24. The van der Waals surface area contributed by atoms with Crippen LogP contribution in [-0.4, -0.2) is 34.1 Å². The summed E-state index contributed by atoms with van der Waals surface area (Å²) in [5.41, 5.74) is -0.0947. The lowest BCUT2D eigenvalue weighted by Crippen LogP contribution is -2.46. The molecule has 3 nitrogen and oxygen atoms in total. The van der Waals surface area contributed by atoms with Crippen LogP contribution in [0.15, 0.2) is 11.6 Å². The van der Waals surface area contributed by atoms with E-state index in [9.17, 15) is 5.11 Å². The van der Waals surface area contributed by atoms with Gasteiger partial charge in [-0.15, -0.1) is 0 Å². The minimum atomic E-state index is -0.455. The van der Waals surface area contributed by atoms with Crippen molar-refractivity contribution < 1.29 is 14.9 Å². The van der Waals surface area contributed by atoms with Crippen LogP contribution in [0.2, 0.25) is 0 Å². The molecule has 1 saturated carbocycles. The molecule has 1 aliphatic carbocycles. The molecule has 0 amide bonds. The van der Waals surface area contributed by atoms with Crippen LogP contribution in [0, 0.1) is 17.3 Å².